The maximum Gasteiger partial charge on any atom is 0.314 e. The molecule has 2 aliphatic rings. The van der Waals surface area contributed by atoms with Crippen LogP contribution in [0.5, 0.6) is 0 Å². The average molecular weight is 491 g/mol. The molecule has 0 N–H and O–H groups in total. The van der Waals surface area contributed by atoms with E-state index in [9.17, 15) is 9.59 Å². The first-order valence-electron chi connectivity index (χ1n) is 13.7. The molecule has 1 saturated carbocycles. The molecule has 4 nitrogen and oxygen atoms in total. The lowest BCUT2D eigenvalue weighted by Crippen LogP contribution is -2.68. The Morgan fingerprint density at radius 2 is 0.914 bits per heavy atom. The number of ether oxygens (including phenoxy) is 2. The number of esters is 2. The first-order chi connectivity index (χ1) is 15.7. The summed E-state index contributed by atoms with van der Waals surface area (Å²) in [6.07, 6.45) is 5.34. The number of carbonyl (C=O) groups excluding carboxylic acids is 2. The summed E-state index contributed by atoms with van der Waals surface area (Å²) in [5.41, 5.74) is -3.41. The molecule has 2 bridgehead atoms. The van der Waals surface area contributed by atoms with E-state index in [1.807, 2.05) is 0 Å². The van der Waals surface area contributed by atoms with Crippen molar-refractivity contribution in [3.8, 4) is 0 Å². The van der Waals surface area contributed by atoms with E-state index in [1.54, 1.807) is 0 Å². The number of hydrogen-bond acceptors (Lipinski definition) is 4. The van der Waals surface area contributed by atoms with Crippen LogP contribution in [0.15, 0.2) is 12.2 Å². The van der Waals surface area contributed by atoms with Crippen molar-refractivity contribution in [2.75, 3.05) is 13.2 Å². The van der Waals surface area contributed by atoms with E-state index in [4.69, 9.17) is 9.47 Å². The smallest absolute Gasteiger partial charge is 0.314 e. The van der Waals surface area contributed by atoms with Gasteiger partial charge in [0.2, 0.25) is 0 Å². The molecular formula is C31H54O4. The number of hydrogen-bond donors (Lipinski definition) is 0. The first-order valence-corrected chi connectivity index (χ1v) is 13.7. The Morgan fingerprint density at radius 3 is 1.11 bits per heavy atom. The first kappa shape index (κ1) is 29.9. The van der Waals surface area contributed by atoms with Crippen molar-refractivity contribution in [1.82, 2.24) is 0 Å². The summed E-state index contributed by atoms with van der Waals surface area (Å²) in [5.74, 6) is -0.395. The van der Waals surface area contributed by atoms with Gasteiger partial charge in [-0.25, -0.2) is 0 Å². The summed E-state index contributed by atoms with van der Waals surface area (Å²) in [6.45, 7) is 30.3. The van der Waals surface area contributed by atoms with E-state index in [2.05, 4.69) is 109 Å². The fraction of sp³-hybridized carbons (Fsp3) is 0.871. The fourth-order valence-corrected chi connectivity index (χ4v) is 7.83. The Labute approximate surface area is 216 Å². The van der Waals surface area contributed by atoms with Gasteiger partial charge in [-0.1, -0.05) is 109 Å². The highest BCUT2D eigenvalue weighted by Gasteiger charge is 2.86. The Hall–Kier alpha value is -1.32. The number of rotatable bonds is 8. The minimum atomic E-state index is -1.04. The summed E-state index contributed by atoms with van der Waals surface area (Å²) in [6, 6.07) is 0. The summed E-state index contributed by atoms with van der Waals surface area (Å²) in [7, 11) is 0. The van der Waals surface area contributed by atoms with E-state index in [1.165, 1.54) is 0 Å². The molecule has 0 amide bonds. The Morgan fingerprint density at radius 1 is 0.629 bits per heavy atom. The Kier molecular flexibility index (Phi) is 7.87. The molecule has 202 valence electrons. The van der Waals surface area contributed by atoms with Gasteiger partial charge in [-0.05, 0) is 40.9 Å². The van der Waals surface area contributed by atoms with Gasteiger partial charge < -0.3 is 9.47 Å². The second-order valence-electron chi connectivity index (χ2n) is 15.1. The SMILES string of the molecule is CC(C)C12C=CC(C(C)C)(C1)C(C(=O)OCC(C)(C)C)(C(C)C)C2(C(=O)OCC(C)(C)C)C(C)C. The zero-order valence-electron chi connectivity index (χ0n) is 25.2. The van der Waals surface area contributed by atoms with E-state index in [0.29, 0.717) is 13.2 Å². The zero-order chi connectivity index (χ0) is 27.4. The van der Waals surface area contributed by atoms with Gasteiger partial charge in [0.15, 0.2) is 0 Å². The van der Waals surface area contributed by atoms with Crippen LogP contribution in [0.1, 0.15) is 103 Å². The second kappa shape index (κ2) is 9.21. The molecule has 0 saturated heterocycles. The van der Waals surface area contributed by atoms with Gasteiger partial charge in [-0.2, -0.15) is 0 Å². The molecule has 0 spiro atoms. The van der Waals surface area contributed by atoms with Crippen LogP contribution in [0.2, 0.25) is 0 Å². The third-order valence-corrected chi connectivity index (χ3v) is 9.06. The topological polar surface area (TPSA) is 52.6 Å². The summed E-state index contributed by atoms with van der Waals surface area (Å²) >= 11 is 0. The lowest BCUT2D eigenvalue weighted by molar-refractivity contribution is -0.215. The molecule has 0 aliphatic heterocycles. The van der Waals surface area contributed by atoms with Crippen LogP contribution in [0.3, 0.4) is 0 Å². The maximum absolute atomic E-state index is 14.7. The monoisotopic (exact) mass is 490 g/mol. The number of carbonyl (C=O) groups is 2. The molecule has 0 radical (unpaired) electrons. The molecule has 4 atom stereocenters. The molecule has 1 fully saturated rings. The molecule has 35 heavy (non-hydrogen) atoms. The molecule has 0 aromatic rings. The Balaban J connectivity index is 2.99. The summed E-state index contributed by atoms with van der Waals surface area (Å²) in [5, 5.41) is 0. The predicted molar refractivity (Wildman–Crippen MR) is 144 cm³/mol. The second-order valence-corrected chi connectivity index (χ2v) is 15.1. The molecule has 0 heterocycles. The van der Waals surface area contributed by atoms with Crippen LogP contribution in [0.25, 0.3) is 0 Å². The van der Waals surface area contributed by atoms with Crippen molar-refractivity contribution in [3.05, 3.63) is 12.2 Å². The van der Waals surface area contributed by atoms with Crippen LogP contribution in [-0.4, -0.2) is 25.2 Å². The van der Waals surface area contributed by atoms with Crippen molar-refractivity contribution < 1.29 is 19.1 Å². The lowest BCUT2D eigenvalue weighted by Gasteiger charge is -2.60. The molecule has 4 heteroatoms. The molecule has 4 unspecified atom stereocenters. The molecule has 2 aliphatic carbocycles. The number of fused-ring (bicyclic) bond motifs is 2. The van der Waals surface area contributed by atoms with Gasteiger partial charge in [-0.15, -0.1) is 0 Å². The highest BCUT2D eigenvalue weighted by molar-refractivity contribution is 5.93. The highest BCUT2D eigenvalue weighted by atomic mass is 16.5. The molecular weight excluding hydrogens is 436 g/mol. The third-order valence-electron chi connectivity index (χ3n) is 9.06. The maximum atomic E-state index is 14.7. The number of allylic oxidation sites excluding steroid dienone is 2. The van der Waals surface area contributed by atoms with E-state index in [-0.39, 0.29) is 46.4 Å². The van der Waals surface area contributed by atoms with Gasteiger partial charge in [0.05, 0.1) is 24.0 Å². The lowest BCUT2D eigenvalue weighted by atomic mass is 9.40. The van der Waals surface area contributed by atoms with Crippen LogP contribution in [-0.2, 0) is 19.1 Å². The van der Waals surface area contributed by atoms with Crippen molar-refractivity contribution in [2.24, 2.45) is 56.2 Å². The molecule has 0 aromatic carbocycles. The van der Waals surface area contributed by atoms with Gasteiger partial charge in [0, 0.05) is 10.8 Å². The van der Waals surface area contributed by atoms with E-state index < -0.39 is 21.7 Å². The fourth-order valence-electron chi connectivity index (χ4n) is 7.83. The van der Waals surface area contributed by atoms with Gasteiger partial charge >= 0.3 is 11.9 Å². The van der Waals surface area contributed by atoms with Gasteiger partial charge in [0.25, 0.3) is 0 Å². The predicted octanol–water partition coefficient (Wildman–Crippen LogP) is 7.71. The van der Waals surface area contributed by atoms with Crippen LogP contribution >= 0.6 is 0 Å². The van der Waals surface area contributed by atoms with Crippen LogP contribution in [0.4, 0.5) is 0 Å². The Bertz CT molecular complexity index is 769. The minimum Gasteiger partial charge on any atom is -0.465 e. The van der Waals surface area contributed by atoms with Gasteiger partial charge in [-0.3, -0.25) is 9.59 Å². The van der Waals surface area contributed by atoms with Crippen molar-refractivity contribution in [1.29, 1.82) is 0 Å². The normalized spacial score (nSPS) is 32.9. The molecule has 2 rings (SSSR count). The quantitative estimate of drug-likeness (QED) is 0.258. The largest absolute Gasteiger partial charge is 0.465 e. The standard InChI is InChI=1S/C31H54O4/c1-20(2)28-15-16-29(17-28,21(3)4)31(23(7)8,25(33)35-19-27(12,13)14)30(28,22(5)6)24(32)34-18-26(9,10)11/h15-16,20-23H,17-19H2,1-14H3. The van der Waals surface area contributed by atoms with Crippen molar-refractivity contribution in [3.63, 3.8) is 0 Å². The average Bonchev–Trinajstić information content (AvgIpc) is 3.21. The van der Waals surface area contributed by atoms with E-state index >= 15 is 0 Å². The molecule has 0 aromatic heterocycles. The van der Waals surface area contributed by atoms with Crippen molar-refractivity contribution >= 4 is 11.9 Å². The van der Waals surface area contributed by atoms with Crippen LogP contribution < -0.4 is 0 Å². The van der Waals surface area contributed by atoms with Crippen molar-refractivity contribution in [2.45, 2.75) is 103 Å². The minimum absolute atomic E-state index is 0.118. The van der Waals surface area contributed by atoms with Gasteiger partial charge in [0.1, 0.15) is 0 Å². The highest BCUT2D eigenvalue weighted by Crippen LogP contribution is 2.83. The summed E-state index contributed by atoms with van der Waals surface area (Å²) in [4.78, 5) is 29.4. The van der Waals surface area contributed by atoms with E-state index in [0.717, 1.165) is 6.42 Å². The summed E-state index contributed by atoms with van der Waals surface area (Å²) < 4.78 is 12.5. The zero-order valence-corrected chi connectivity index (χ0v) is 25.2. The third kappa shape index (κ3) is 4.09. The van der Waals surface area contributed by atoms with Crippen LogP contribution in [0, 0.1) is 56.2 Å².